The first kappa shape index (κ1) is 9.40. The molecule has 3 heteroatoms. The Morgan fingerprint density at radius 1 is 1.54 bits per heavy atom. The van der Waals surface area contributed by atoms with Crippen molar-refractivity contribution < 1.29 is 0 Å². The Kier molecular flexibility index (Phi) is 2.43. The second-order valence-corrected chi connectivity index (χ2v) is 3.37. The molecule has 0 aromatic carbocycles. The van der Waals surface area contributed by atoms with E-state index in [4.69, 9.17) is 12.2 Å². The van der Waals surface area contributed by atoms with Gasteiger partial charge in [-0.15, -0.1) is 6.42 Å². The summed E-state index contributed by atoms with van der Waals surface area (Å²) in [6.45, 7) is 3.82. The molecule has 0 saturated heterocycles. The highest BCUT2D eigenvalue weighted by molar-refractivity contribution is 5.46. The van der Waals surface area contributed by atoms with Crippen LogP contribution in [0.15, 0.2) is 18.3 Å². The molecule has 0 radical (unpaired) electrons. The number of hydrogen-bond acceptors (Lipinski definition) is 3. The summed E-state index contributed by atoms with van der Waals surface area (Å²) in [5.74, 6) is 3.36. The van der Waals surface area contributed by atoms with Gasteiger partial charge in [-0.25, -0.2) is 4.98 Å². The fourth-order valence-electron chi connectivity index (χ4n) is 0.836. The molecule has 0 aliphatic carbocycles. The molecule has 1 aromatic rings. The van der Waals surface area contributed by atoms with Gasteiger partial charge in [-0.3, -0.25) is 0 Å². The Morgan fingerprint density at radius 2 is 2.23 bits per heavy atom. The lowest BCUT2D eigenvalue weighted by atomic mass is 10.1. The predicted octanol–water partition coefficient (Wildman–Crippen LogP) is 1.49. The lowest BCUT2D eigenvalue weighted by molar-refractivity contribution is 0.736. The van der Waals surface area contributed by atoms with Crippen LogP contribution in [0.25, 0.3) is 0 Å². The zero-order chi connectivity index (χ0) is 9.90. The molecule has 0 atom stereocenters. The monoisotopic (exact) mass is 175 g/mol. The fraction of sp³-hybridized carbons (Fsp3) is 0.300. The van der Waals surface area contributed by atoms with Crippen molar-refractivity contribution in [1.29, 1.82) is 0 Å². The van der Waals surface area contributed by atoms with Crippen LogP contribution in [0.3, 0.4) is 0 Å². The molecular formula is C10H13N3. The van der Waals surface area contributed by atoms with Crippen molar-refractivity contribution in [2.24, 2.45) is 0 Å². The van der Waals surface area contributed by atoms with Crippen molar-refractivity contribution in [2.75, 3.05) is 11.1 Å². The molecular weight excluding hydrogens is 162 g/mol. The minimum absolute atomic E-state index is 0.386. The first-order valence-corrected chi connectivity index (χ1v) is 4.01. The number of nitrogens with one attached hydrogen (secondary N) is 1. The second kappa shape index (κ2) is 3.36. The summed E-state index contributed by atoms with van der Waals surface area (Å²) in [7, 11) is 0. The third-order valence-corrected chi connectivity index (χ3v) is 1.59. The molecule has 0 bridgehead atoms. The Balaban J connectivity index is 2.77. The summed E-state index contributed by atoms with van der Waals surface area (Å²) in [5, 5.41) is 3.09. The van der Waals surface area contributed by atoms with Gasteiger partial charge in [0.15, 0.2) is 0 Å². The van der Waals surface area contributed by atoms with Gasteiger partial charge in [-0.05, 0) is 26.0 Å². The standard InChI is InChI=1S/C10H13N3/c1-4-10(2,3)13-9-6-5-8(11)7-12-9/h1,5-7H,11H2,2-3H3,(H,12,13). The quantitative estimate of drug-likeness (QED) is 0.669. The molecule has 68 valence electrons. The Hall–Kier alpha value is -1.69. The number of nitrogen functional groups attached to an aromatic ring is 1. The molecule has 1 heterocycles. The van der Waals surface area contributed by atoms with Crippen LogP contribution in [0, 0.1) is 12.3 Å². The van der Waals surface area contributed by atoms with Crippen LogP contribution in [-0.2, 0) is 0 Å². The average Bonchev–Trinajstić information content (AvgIpc) is 2.09. The summed E-state index contributed by atoms with van der Waals surface area (Å²) in [4.78, 5) is 4.08. The zero-order valence-corrected chi connectivity index (χ0v) is 7.83. The lowest BCUT2D eigenvalue weighted by Gasteiger charge is -2.19. The van der Waals surface area contributed by atoms with Crippen LogP contribution in [0.5, 0.6) is 0 Å². The number of terminal acetylenes is 1. The van der Waals surface area contributed by atoms with Crippen LogP contribution in [0.1, 0.15) is 13.8 Å². The third-order valence-electron chi connectivity index (χ3n) is 1.59. The van der Waals surface area contributed by atoms with Gasteiger partial charge >= 0.3 is 0 Å². The minimum atomic E-state index is -0.386. The fourth-order valence-corrected chi connectivity index (χ4v) is 0.836. The molecule has 0 saturated carbocycles. The normalized spacial score (nSPS) is 10.5. The number of rotatable bonds is 2. The Morgan fingerprint density at radius 3 is 2.69 bits per heavy atom. The summed E-state index contributed by atoms with van der Waals surface area (Å²) in [5.41, 5.74) is 5.75. The van der Waals surface area contributed by atoms with Crippen LogP contribution in [0.4, 0.5) is 11.5 Å². The zero-order valence-electron chi connectivity index (χ0n) is 7.83. The maximum atomic E-state index is 5.49. The van der Waals surface area contributed by atoms with Crippen molar-refractivity contribution in [3.8, 4) is 12.3 Å². The number of aromatic nitrogens is 1. The van der Waals surface area contributed by atoms with Crippen LogP contribution < -0.4 is 11.1 Å². The van der Waals surface area contributed by atoms with Crippen LogP contribution in [0.2, 0.25) is 0 Å². The van der Waals surface area contributed by atoms with Gasteiger partial charge in [0.25, 0.3) is 0 Å². The van der Waals surface area contributed by atoms with Crippen molar-refractivity contribution >= 4 is 11.5 Å². The van der Waals surface area contributed by atoms with E-state index in [0.717, 1.165) is 5.82 Å². The number of hydrogen-bond donors (Lipinski definition) is 2. The summed E-state index contributed by atoms with van der Waals surface area (Å²) in [6, 6.07) is 3.58. The van der Waals surface area contributed by atoms with E-state index in [-0.39, 0.29) is 5.54 Å². The average molecular weight is 175 g/mol. The minimum Gasteiger partial charge on any atom is -0.397 e. The maximum Gasteiger partial charge on any atom is 0.127 e. The van der Waals surface area contributed by atoms with Crippen LogP contribution >= 0.6 is 0 Å². The van der Waals surface area contributed by atoms with Gasteiger partial charge in [0.1, 0.15) is 5.82 Å². The first-order valence-electron chi connectivity index (χ1n) is 4.01. The number of nitrogens with zero attached hydrogens (tertiary/aromatic N) is 1. The highest BCUT2D eigenvalue weighted by Gasteiger charge is 2.12. The molecule has 0 spiro atoms. The Bertz CT molecular complexity index is 319. The van der Waals surface area contributed by atoms with Crippen molar-refractivity contribution in [2.45, 2.75) is 19.4 Å². The molecule has 0 fully saturated rings. The van der Waals surface area contributed by atoms with Crippen LogP contribution in [-0.4, -0.2) is 10.5 Å². The summed E-state index contributed by atoms with van der Waals surface area (Å²) in [6.07, 6.45) is 6.91. The molecule has 0 amide bonds. The Labute approximate surface area is 78.4 Å². The number of pyridine rings is 1. The van der Waals surface area contributed by atoms with E-state index in [1.165, 1.54) is 0 Å². The van der Waals surface area contributed by atoms with E-state index in [9.17, 15) is 0 Å². The van der Waals surface area contributed by atoms with Gasteiger partial charge in [0.2, 0.25) is 0 Å². The molecule has 1 aromatic heterocycles. The SMILES string of the molecule is C#CC(C)(C)Nc1ccc(N)cn1. The van der Waals surface area contributed by atoms with Gasteiger partial charge in [0.05, 0.1) is 17.4 Å². The molecule has 13 heavy (non-hydrogen) atoms. The maximum absolute atomic E-state index is 5.49. The topological polar surface area (TPSA) is 50.9 Å². The highest BCUT2D eigenvalue weighted by atomic mass is 15.0. The highest BCUT2D eigenvalue weighted by Crippen LogP contribution is 2.12. The molecule has 3 N–H and O–H groups in total. The van der Waals surface area contributed by atoms with E-state index >= 15 is 0 Å². The third kappa shape index (κ3) is 2.68. The van der Waals surface area contributed by atoms with E-state index in [1.54, 1.807) is 18.3 Å². The molecule has 0 unspecified atom stereocenters. The summed E-state index contributed by atoms with van der Waals surface area (Å²) >= 11 is 0. The van der Waals surface area contributed by atoms with Crippen molar-refractivity contribution in [3.05, 3.63) is 18.3 Å². The lowest BCUT2D eigenvalue weighted by Crippen LogP contribution is -2.28. The van der Waals surface area contributed by atoms with Gasteiger partial charge in [-0.1, -0.05) is 5.92 Å². The molecule has 3 nitrogen and oxygen atoms in total. The number of anilines is 2. The number of nitrogens with two attached hydrogens (primary N) is 1. The first-order chi connectivity index (χ1) is 6.03. The molecule has 1 rings (SSSR count). The van der Waals surface area contributed by atoms with E-state index < -0.39 is 0 Å². The van der Waals surface area contributed by atoms with Gasteiger partial charge in [0, 0.05) is 0 Å². The molecule has 0 aliphatic rings. The predicted molar refractivity (Wildman–Crippen MR) is 55.2 cm³/mol. The molecule has 0 aliphatic heterocycles. The second-order valence-electron chi connectivity index (χ2n) is 3.37. The van der Waals surface area contributed by atoms with Gasteiger partial charge < -0.3 is 11.1 Å². The van der Waals surface area contributed by atoms with Crippen molar-refractivity contribution in [1.82, 2.24) is 4.98 Å². The van der Waals surface area contributed by atoms with E-state index in [1.807, 2.05) is 13.8 Å². The summed E-state index contributed by atoms with van der Waals surface area (Å²) < 4.78 is 0. The van der Waals surface area contributed by atoms with Crippen molar-refractivity contribution in [3.63, 3.8) is 0 Å². The smallest absolute Gasteiger partial charge is 0.127 e. The largest absolute Gasteiger partial charge is 0.397 e. The van der Waals surface area contributed by atoms with E-state index in [2.05, 4.69) is 16.2 Å². The van der Waals surface area contributed by atoms with Gasteiger partial charge in [-0.2, -0.15) is 0 Å². The van der Waals surface area contributed by atoms with E-state index in [0.29, 0.717) is 5.69 Å².